The summed E-state index contributed by atoms with van der Waals surface area (Å²) in [6.45, 7) is 4.43. The second-order valence-electron chi connectivity index (χ2n) is 1.82. The molecular weight excluding hydrogens is 170 g/mol. The number of aliphatic hydroxyl groups is 1. The Morgan fingerprint density at radius 3 is 2.73 bits per heavy atom. The molecule has 0 aromatic heterocycles. The number of rotatable bonds is 5. The van der Waals surface area contributed by atoms with Crippen LogP contribution in [0.3, 0.4) is 0 Å². The Kier molecular flexibility index (Phi) is 4.27. The van der Waals surface area contributed by atoms with E-state index in [1.165, 1.54) is 13.0 Å². The molecular formula is C5H11NO4S. The fraction of sp³-hybridized carbons (Fsp3) is 0.600. The van der Waals surface area contributed by atoms with E-state index in [1.54, 1.807) is 0 Å². The lowest BCUT2D eigenvalue weighted by molar-refractivity contribution is 0.176. The van der Waals surface area contributed by atoms with Gasteiger partial charge in [-0.05, 0) is 6.92 Å². The third-order valence-corrected chi connectivity index (χ3v) is 1.73. The van der Waals surface area contributed by atoms with Crippen LogP contribution in [0.4, 0.5) is 0 Å². The second-order valence-corrected chi connectivity index (χ2v) is 3.20. The summed E-state index contributed by atoms with van der Waals surface area (Å²) < 4.78 is 27.4. The van der Waals surface area contributed by atoms with Gasteiger partial charge in [-0.1, -0.05) is 6.08 Å². The molecule has 0 fully saturated rings. The van der Waals surface area contributed by atoms with E-state index in [1.807, 2.05) is 4.72 Å². The minimum atomic E-state index is -3.81. The summed E-state index contributed by atoms with van der Waals surface area (Å²) >= 11 is 0. The van der Waals surface area contributed by atoms with Gasteiger partial charge >= 0.3 is 10.3 Å². The zero-order chi connectivity index (χ0) is 8.91. The molecule has 11 heavy (non-hydrogen) atoms. The molecule has 0 saturated heterocycles. The van der Waals surface area contributed by atoms with Gasteiger partial charge < -0.3 is 5.11 Å². The van der Waals surface area contributed by atoms with Crippen molar-refractivity contribution < 1.29 is 17.7 Å². The summed E-state index contributed by atoms with van der Waals surface area (Å²) in [6.07, 6.45) is 0.145. The predicted molar refractivity (Wildman–Crippen MR) is 39.9 cm³/mol. The van der Waals surface area contributed by atoms with E-state index < -0.39 is 16.5 Å². The van der Waals surface area contributed by atoms with E-state index in [0.717, 1.165) is 0 Å². The Morgan fingerprint density at radius 1 is 1.82 bits per heavy atom. The fourth-order valence-corrected chi connectivity index (χ4v) is 1.14. The molecule has 0 bridgehead atoms. The maximum Gasteiger partial charge on any atom is 0.338 e. The van der Waals surface area contributed by atoms with Crippen molar-refractivity contribution in [3.05, 3.63) is 12.7 Å². The third-order valence-electron chi connectivity index (χ3n) is 0.656. The average molecular weight is 181 g/mol. The molecule has 1 unspecified atom stereocenters. The van der Waals surface area contributed by atoms with Crippen LogP contribution in [0.15, 0.2) is 12.7 Å². The first kappa shape index (κ1) is 10.6. The van der Waals surface area contributed by atoms with Crippen molar-refractivity contribution in [2.24, 2.45) is 0 Å². The summed E-state index contributed by atoms with van der Waals surface area (Å²) in [5.74, 6) is 0. The maximum atomic E-state index is 10.7. The summed E-state index contributed by atoms with van der Waals surface area (Å²) in [5, 5.41) is 8.59. The Bertz CT molecular complexity index is 209. The van der Waals surface area contributed by atoms with Crippen LogP contribution in [-0.2, 0) is 14.5 Å². The lowest BCUT2D eigenvalue weighted by atomic mass is 10.7. The van der Waals surface area contributed by atoms with Crippen molar-refractivity contribution >= 4 is 10.3 Å². The second kappa shape index (κ2) is 4.45. The maximum absolute atomic E-state index is 10.7. The first-order valence-corrected chi connectivity index (χ1v) is 4.34. The van der Waals surface area contributed by atoms with Gasteiger partial charge in [-0.2, -0.15) is 13.1 Å². The SMILES string of the molecule is C=CCOS(=O)(=O)NC(C)O. The quantitative estimate of drug-likeness (QED) is 0.437. The van der Waals surface area contributed by atoms with Gasteiger partial charge in [-0.15, -0.1) is 6.58 Å². The van der Waals surface area contributed by atoms with E-state index in [2.05, 4.69) is 10.8 Å². The van der Waals surface area contributed by atoms with Crippen molar-refractivity contribution in [2.75, 3.05) is 6.61 Å². The summed E-state index contributed by atoms with van der Waals surface area (Å²) in [4.78, 5) is 0. The van der Waals surface area contributed by atoms with Crippen LogP contribution >= 0.6 is 0 Å². The lowest BCUT2D eigenvalue weighted by Gasteiger charge is -2.06. The van der Waals surface area contributed by atoms with Gasteiger partial charge in [0.2, 0.25) is 0 Å². The largest absolute Gasteiger partial charge is 0.378 e. The van der Waals surface area contributed by atoms with E-state index in [0.29, 0.717) is 0 Å². The normalized spacial score (nSPS) is 14.4. The van der Waals surface area contributed by atoms with Crippen LogP contribution in [0.1, 0.15) is 6.92 Å². The highest BCUT2D eigenvalue weighted by molar-refractivity contribution is 7.84. The molecule has 0 aromatic carbocycles. The molecule has 0 spiro atoms. The number of nitrogens with one attached hydrogen (secondary N) is 1. The summed E-state index contributed by atoms with van der Waals surface area (Å²) in [6, 6.07) is 0. The van der Waals surface area contributed by atoms with E-state index in [4.69, 9.17) is 5.11 Å². The Hall–Kier alpha value is -0.430. The van der Waals surface area contributed by atoms with Gasteiger partial charge in [0.25, 0.3) is 0 Å². The number of hydrogen-bond acceptors (Lipinski definition) is 4. The molecule has 66 valence electrons. The number of aliphatic hydroxyl groups excluding tert-OH is 1. The molecule has 5 nitrogen and oxygen atoms in total. The highest BCUT2D eigenvalue weighted by Gasteiger charge is 2.11. The van der Waals surface area contributed by atoms with Gasteiger partial charge in [0.1, 0.15) is 6.23 Å². The Morgan fingerprint density at radius 2 is 2.36 bits per heavy atom. The van der Waals surface area contributed by atoms with Gasteiger partial charge in [0.15, 0.2) is 0 Å². The predicted octanol–water partition coefficient (Wildman–Crippen LogP) is -0.638. The summed E-state index contributed by atoms with van der Waals surface area (Å²) in [5.41, 5.74) is 0. The molecule has 0 radical (unpaired) electrons. The molecule has 0 saturated carbocycles. The van der Waals surface area contributed by atoms with Gasteiger partial charge in [0, 0.05) is 0 Å². The zero-order valence-electron chi connectivity index (χ0n) is 6.15. The van der Waals surface area contributed by atoms with Crippen molar-refractivity contribution in [2.45, 2.75) is 13.2 Å². The van der Waals surface area contributed by atoms with Crippen LogP contribution < -0.4 is 4.72 Å². The van der Waals surface area contributed by atoms with Crippen LogP contribution in [0.25, 0.3) is 0 Å². The molecule has 0 aliphatic heterocycles. The smallest absolute Gasteiger partial charge is 0.338 e. The standard InChI is InChI=1S/C5H11NO4S/c1-3-4-10-11(8,9)6-5(2)7/h3,5-7H,1,4H2,2H3. The average Bonchev–Trinajstić information content (AvgIpc) is 1.81. The van der Waals surface area contributed by atoms with E-state index in [9.17, 15) is 8.42 Å². The monoisotopic (exact) mass is 181 g/mol. The Labute approximate surface area is 65.9 Å². The number of hydrogen-bond donors (Lipinski definition) is 2. The van der Waals surface area contributed by atoms with Crippen LogP contribution in [0.2, 0.25) is 0 Å². The molecule has 0 heterocycles. The molecule has 0 rings (SSSR count). The van der Waals surface area contributed by atoms with Crippen LogP contribution in [0.5, 0.6) is 0 Å². The van der Waals surface area contributed by atoms with E-state index >= 15 is 0 Å². The lowest BCUT2D eigenvalue weighted by Crippen LogP contribution is -2.33. The van der Waals surface area contributed by atoms with Gasteiger partial charge in [-0.25, -0.2) is 0 Å². The molecule has 1 atom stereocenters. The minimum Gasteiger partial charge on any atom is -0.378 e. The van der Waals surface area contributed by atoms with Crippen molar-refractivity contribution in [3.63, 3.8) is 0 Å². The Balaban J connectivity index is 3.91. The summed E-state index contributed by atoms with van der Waals surface area (Å²) in [7, 11) is -3.81. The van der Waals surface area contributed by atoms with Crippen LogP contribution in [0, 0.1) is 0 Å². The highest BCUT2D eigenvalue weighted by atomic mass is 32.2. The molecule has 0 aromatic rings. The molecule has 6 heteroatoms. The first-order valence-electron chi connectivity index (χ1n) is 2.93. The van der Waals surface area contributed by atoms with Crippen molar-refractivity contribution in [1.29, 1.82) is 0 Å². The van der Waals surface area contributed by atoms with Crippen molar-refractivity contribution in [3.8, 4) is 0 Å². The molecule has 0 aliphatic carbocycles. The third kappa shape index (κ3) is 5.99. The van der Waals surface area contributed by atoms with Crippen LogP contribution in [-0.4, -0.2) is 26.4 Å². The first-order chi connectivity index (χ1) is 4.98. The minimum absolute atomic E-state index is 0.109. The topological polar surface area (TPSA) is 75.6 Å². The zero-order valence-corrected chi connectivity index (χ0v) is 6.97. The fourth-order valence-electron chi connectivity index (χ4n) is 0.381. The molecule has 2 N–H and O–H groups in total. The van der Waals surface area contributed by atoms with Gasteiger partial charge in [-0.3, -0.25) is 4.18 Å². The highest BCUT2D eigenvalue weighted by Crippen LogP contribution is 1.88. The molecule has 0 amide bonds. The van der Waals surface area contributed by atoms with E-state index in [-0.39, 0.29) is 6.61 Å². The molecule has 0 aliphatic rings. The van der Waals surface area contributed by atoms with Gasteiger partial charge in [0.05, 0.1) is 6.61 Å². The van der Waals surface area contributed by atoms with Crippen molar-refractivity contribution in [1.82, 2.24) is 4.72 Å².